The molecule has 5 nitrogen and oxygen atoms in total. The van der Waals surface area contributed by atoms with Crippen LogP contribution in [0.25, 0.3) is 0 Å². The first kappa shape index (κ1) is 18.9. The Labute approximate surface area is 130 Å². The van der Waals surface area contributed by atoms with Gasteiger partial charge >= 0.3 is 0 Å². The van der Waals surface area contributed by atoms with E-state index in [2.05, 4.69) is 31.0 Å². The van der Waals surface area contributed by atoms with E-state index >= 15 is 0 Å². The van der Waals surface area contributed by atoms with Crippen molar-refractivity contribution in [1.29, 1.82) is 0 Å². The van der Waals surface area contributed by atoms with E-state index in [1.165, 1.54) is 6.26 Å². The van der Waals surface area contributed by atoms with Crippen molar-refractivity contribution in [3.8, 4) is 0 Å². The Morgan fingerprint density at radius 2 is 2.10 bits per heavy atom. The monoisotopic (exact) mass is 320 g/mol. The van der Waals surface area contributed by atoms with E-state index < -0.39 is 9.84 Å². The Morgan fingerprint density at radius 3 is 2.67 bits per heavy atom. The van der Waals surface area contributed by atoms with Gasteiger partial charge in [0, 0.05) is 37.2 Å². The SMILES string of the molecule is CCCNC(CCCS(C)(=O)=O)C1CN(C(C)C)CCO1. The van der Waals surface area contributed by atoms with E-state index in [4.69, 9.17) is 4.74 Å². The number of nitrogens with zero attached hydrogens (tertiary/aromatic N) is 1. The molecule has 0 aliphatic carbocycles. The third-order valence-corrected chi connectivity index (χ3v) is 5.02. The predicted molar refractivity (Wildman–Crippen MR) is 87.5 cm³/mol. The number of hydrogen-bond donors (Lipinski definition) is 1. The van der Waals surface area contributed by atoms with Crippen molar-refractivity contribution in [3.63, 3.8) is 0 Å². The Hall–Kier alpha value is -0.170. The maximum Gasteiger partial charge on any atom is 0.147 e. The largest absolute Gasteiger partial charge is 0.374 e. The zero-order valence-corrected chi connectivity index (χ0v) is 14.8. The van der Waals surface area contributed by atoms with E-state index in [0.717, 1.165) is 39.1 Å². The molecule has 2 unspecified atom stereocenters. The van der Waals surface area contributed by atoms with Gasteiger partial charge in [-0.2, -0.15) is 0 Å². The number of hydrogen-bond acceptors (Lipinski definition) is 5. The van der Waals surface area contributed by atoms with E-state index in [1.807, 2.05) is 0 Å². The minimum Gasteiger partial charge on any atom is -0.374 e. The van der Waals surface area contributed by atoms with Crippen LogP contribution >= 0.6 is 0 Å². The van der Waals surface area contributed by atoms with Crippen LogP contribution < -0.4 is 5.32 Å². The maximum absolute atomic E-state index is 11.3. The summed E-state index contributed by atoms with van der Waals surface area (Å²) in [6.07, 6.45) is 4.08. The minimum absolute atomic E-state index is 0.160. The zero-order chi connectivity index (χ0) is 15.9. The highest BCUT2D eigenvalue weighted by atomic mass is 32.2. The van der Waals surface area contributed by atoms with Gasteiger partial charge in [0.05, 0.1) is 12.7 Å². The number of rotatable bonds is 9. The highest BCUT2D eigenvalue weighted by molar-refractivity contribution is 7.90. The molecule has 2 atom stereocenters. The van der Waals surface area contributed by atoms with E-state index in [1.54, 1.807) is 0 Å². The van der Waals surface area contributed by atoms with Gasteiger partial charge < -0.3 is 10.1 Å². The Balaban J connectivity index is 2.54. The summed E-state index contributed by atoms with van der Waals surface area (Å²) in [4.78, 5) is 2.44. The third-order valence-electron chi connectivity index (χ3n) is 3.99. The summed E-state index contributed by atoms with van der Waals surface area (Å²) in [5.74, 6) is 0.262. The number of nitrogens with one attached hydrogen (secondary N) is 1. The van der Waals surface area contributed by atoms with Crippen LogP contribution in [-0.2, 0) is 14.6 Å². The van der Waals surface area contributed by atoms with Crippen molar-refractivity contribution in [3.05, 3.63) is 0 Å². The number of sulfone groups is 1. The first-order chi connectivity index (χ1) is 9.83. The lowest BCUT2D eigenvalue weighted by molar-refractivity contribution is -0.0565. The van der Waals surface area contributed by atoms with Gasteiger partial charge in [-0.15, -0.1) is 0 Å². The fraction of sp³-hybridized carbons (Fsp3) is 1.00. The van der Waals surface area contributed by atoms with Gasteiger partial charge in [0.2, 0.25) is 0 Å². The molecule has 0 aromatic rings. The summed E-state index contributed by atoms with van der Waals surface area (Å²) in [5, 5.41) is 3.54. The molecule has 0 radical (unpaired) electrons. The van der Waals surface area contributed by atoms with Crippen LogP contribution in [0.15, 0.2) is 0 Å². The van der Waals surface area contributed by atoms with Crippen LogP contribution in [0.5, 0.6) is 0 Å². The highest BCUT2D eigenvalue weighted by Gasteiger charge is 2.28. The van der Waals surface area contributed by atoms with Gasteiger partial charge in [-0.1, -0.05) is 6.92 Å². The molecule has 1 aliphatic heterocycles. The van der Waals surface area contributed by atoms with Crippen LogP contribution in [0.4, 0.5) is 0 Å². The Bertz CT molecular complexity index is 384. The first-order valence-electron chi connectivity index (χ1n) is 8.10. The lowest BCUT2D eigenvalue weighted by Gasteiger charge is -2.39. The molecule has 0 aromatic carbocycles. The van der Waals surface area contributed by atoms with E-state index in [9.17, 15) is 8.42 Å². The summed E-state index contributed by atoms with van der Waals surface area (Å²) in [7, 11) is -2.87. The molecule has 1 fully saturated rings. The molecule has 1 aliphatic rings. The molecule has 1 heterocycles. The van der Waals surface area contributed by atoms with Gasteiger partial charge in [0.15, 0.2) is 0 Å². The number of morpholine rings is 1. The van der Waals surface area contributed by atoms with Crippen molar-refractivity contribution in [2.45, 2.75) is 58.2 Å². The normalized spacial score (nSPS) is 22.6. The second kappa shape index (κ2) is 9.08. The molecule has 0 bridgehead atoms. The van der Waals surface area contributed by atoms with Crippen molar-refractivity contribution in [2.75, 3.05) is 38.2 Å². The third kappa shape index (κ3) is 7.58. The molecular formula is C15H32N2O3S. The summed E-state index contributed by atoms with van der Waals surface area (Å²) in [6.45, 7) is 10.2. The van der Waals surface area contributed by atoms with Crippen LogP contribution in [0.3, 0.4) is 0 Å². The number of ether oxygens (including phenoxy) is 1. The molecule has 0 amide bonds. The fourth-order valence-corrected chi connectivity index (χ4v) is 3.41. The second-order valence-electron chi connectivity index (χ2n) is 6.33. The standard InChI is InChI=1S/C15H32N2O3S/c1-5-8-16-14(7-6-11-21(4,18)19)15-12-17(13(2)3)9-10-20-15/h13-16H,5-12H2,1-4H3. The average Bonchev–Trinajstić information content (AvgIpc) is 2.41. The molecule has 1 N–H and O–H groups in total. The highest BCUT2D eigenvalue weighted by Crippen LogP contribution is 2.15. The summed E-state index contributed by atoms with van der Waals surface area (Å²) >= 11 is 0. The average molecular weight is 320 g/mol. The van der Waals surface area contributed by atoms with Crippen molar-refractivity contribution < 1.29 is 13.2 Å². The van der Waals surface area contributed by atoms with Crippen molar-refractivity contribution >= 4 is 9.84 Å². The molecule has 126 valence electrons. The molecule has 21 heavy (non-hydrogen) atoms. The van der Waals surface area contributed by atoms with Gasteiger partial charge in [-0.25, -0.2) is 8.42 Å². The molecule has 0 aromatic heterocycles. The molecule has 0 spiro atoms. The van der Waals surface area contributed by atoms with Crippen LogP contribution in [0, 0.1) is 0 Å². The lowest BCUT2D eigenvalue weighted by Crippen LogP contribution is -2.54. The molecule has 6 heteroatoms. The minimum atomic E-state index is -2.87. The molecule has 0 saturated carbocycles. The zero-order valence-electron chi connectivity index (χ0n) is 14.0. The molecular weight excluding hydrogens is 288 g/mol. The topological polar surface area (TPSA) is 58.6 Å². The summed E-state index contributed by atoms with van der Waals surface area (Å²) < 4.78 is 28.5. The van der Waals surface area contributed by atoms with Gasteiger partial charge in [-0.05, 0) is 39.7 Å². The van der Waals surface area contributed by atoms with Gasteiger partial charge in [0.1, 0.15) is 9.84 Å². The second-order valence-corrected chi connectivity index (χ2v) is 8.59. The van der Waals surface area contributed by atoms with E-state index in [-0.39, 0.29) is 17.9 Å². The van der Waals surface area contributed by atoms with Crippen molar-refractivity contribution in [2.24, 2.45) is 0 Å². The van der Waals surface area contributed by atoms with Gasteiger partial charge in [-0.3, -0.25) is 4.90 Å². The van der Waals surface area contributed by atoms with Crippen molar-refractivity contribution in [1.82, 2.24) is 10.2 Å². The van der Waals surface area contributed by atoms with Crippen LogP contribution in [0.1, 0.15) is 40.0 Å². The summed E-state index contributed by atoms with van der Waals surface area (Å²) in [6, 6.07) is 0.771. The smallest absolute Gasteiger partial charge is 0.147 e. The molecule has 1 rings (SSSR count). The Morgan fingerprint density at radius 1 is 1.38 bits per heavy atom. The quantitative estimate of drug-likeness (QED) is 0.694. The first-order valence-corrected chi connectivity index (χ1v) is 10.2. The fourth-order valence-electron chi connectivity index (χ4n) is 2.72. The predicted octanol–water partition coefficient (Wildman–Crippen LogP) is 1.29. The van der Waals surface area contributed by atoms with Crippen LogP contribution in [-0.4, -0.2) is 69.8 Å². The van der Waals surface area contributed by atoms with E-state index in [0.29, 0.717) is 12.5 Å². The summed E-state index contributed by atoms with van der Waals surface area (Å²) in [5.41, 5.74) is 0. The van der Waals surface area contributed by atoms with Crippen LogP contribution in [0.2, 0.25) is 0 Å². The lowest BCUT2D eigenvalue weighted by atomic mass is 10.0. The maximum atomic E-state index is 11.3. The molecule has 1 saturated heterocycles. The Kier molecular flexibility index (Phi) is 8.16. The van der Waals surface area contributed by atoms with Gasteiger partial charge in [0.25, 0.3) is 0 Å².